The summed E-state index contributed by atoms with van der Waals surface area (Å²) in [5, 5.41) is 18.6. The fraction of sp³-hybridized carbons (Fsp3) is 0.250. The Kier molecular flexibility index (Phi) is 4.34. The molecule has 0 bridgehead atoms. The van der Waals surface area contributed by atoms with E-state index >= 15 is 0 Å². The van der Waals surface area contributed by atoms with E-state index in [1.807, 2.05) is 31.2 Å². The zero-order valence-corrected chi connectivity index (χ0v) is 11.5. The molecule has 0 aliphatic carbocycles. The van der Waals surface area contributed by atoms with Gasteiger partial charge in [0, 0.05) is 11.8 Å². The molecule has 0 unspecified atom stereocenters. The maximum atomic E-state index is 9.74. The molecule has 2 aromatic rings. The van der Waals surface area contributed by atoms with Crippen LogP contribution in [0.15, 0.2) is 36.5 Å². The summed E-state index contributed by atoms with van der Waals surface area (Å²) in [7, 11) is 0. The van der Waals surface area contributed by atoms with Crippen LogP contribution in [0.3, 0.4) is 0 Å². The molecular formula is C16H16N2O2. The predicted molar refractivity (Wildman–Crippen MR) is 75.1 cm³/mol. The molecule has 0 radical (unpaired) electrons. The second kappa shape index (κ2) is 6.18. The number of ether oxygens (including phenoxy) is 1. The lowest BCUT2D eigenvalue weighted by Gasteiger charge is -2.14. The molecule has 4 nitrogen and oxygen atoms in total. The molecule has 0 aliphatic heterocycles. The van der Waals surface area contributed by atoms with Crippen LogP contribution in [0, 0.1) is 18.3 Å². The number of pyridine rings is 1. The maximum Gasteiger partial charge on any atom is 0.140 e. The lowest BCUT2D eigenvalue weighted by atomic mass is 10.1. The van der Waals surface area contributed by atoms with E-state index in [4.69, 9.17) is 10.00 Å². The summed E-state index contributed by atoms with van der Waals surface area (Å²) in [4.78, 5) is 3.92. The molecule has 1 atom stereocenters. The number of hydrogen-bond donors (Lipinski definition) is 1. The first-order valence-corrected chi connectivity index (χ1v) is 6.36. The summed E-state index contributed by atoms with van der Waals surface area (Å²) in [5.41, 5.74) is 3.06. The molecule has 1 aromatic carbocycles. The molecule has 1 N–H and O–H groups in total. The molecule has 0 saturated carbocycles. The van der Waals surface area contributed by atoms with E-state index in [-0.39, 0.29) is 0 Å². The second-order valence-corrected chi connectivity index (χ2v) is 4.67. The van der Waals surface area contributed by atoms with Gasteiger partial charge in [-0.1, -0.05) is 12.1 Å². The topological polar surface area (TPSA) is 66.1 Å². The van der Waals surface area contributed by atoms with E-state index < -0.39 is 6.10 Å². The Morgan fingerprint density at radius 3 is 2.85 bits per heavy atom. The van der Waals surface area contributed by atoms with Gasteiger partial charge in [-0.2, -0.15) is 5.26 Å². The summed E-state index contributed by atoms with van der Waals surface area (Å²) in [6.45, 7) is 4.01. The van der Waals surface area contributed by atoms with Gasteiger partial charge < -0.3 is 9.84 Å². The smallest absolute Gasteiger partial charge is 0.140 e. The number of nitriles is 1. The lowest BCUT2D eigenvalue weighted by Crippen LogP contribution is -2.02. The summed E-state index contributed by atoms with van der Waals surface area (Å²) in [6.07, 6.45) is 1.00. The Morgan fingerprint density at radius 1 is 1.35 bits per heavy atom. The Hall–Kier alpha value is -2.38. The molecule has 4 heteroatoms. The summed E-state index contributed by atoms with van der Waals surface area (Å²) in [5.74, 6) is 0.662. The van der Waals surface area contributed by atoms with Crippen molar-refractivity contribution in [2.75, 3.05) is 0 Å². The fourth-order valence-electron chi connectivity index (χ4n) is 1.90. The van der Waals surface area contributed by atoms with Gasteiger partial charge in [0.05, 0.1) is 6.10 Å². The van der Waals surface area contributed by atoms with Crippen molar-refractivity contribution in [3.05, 3.63) is 58.9 Å². The molecule has 0 amide bonds. The van der Waals surface area contributed by atoms with Gasteiger partial charge in [0.25, 0.3) is 0 Å². The monoisotopic (exact) mass is 268 g/mol. The third-order valence-electron chi connectivity index (χ3n) is 2.95. The van der Waals surface area contributed by atoms with Crippen molar-refractivity contribution in [1.82, 2.24) is 4.98 Å². The molecule has 0 spiro atoms. The van der Waals surface area contributed by atoms with Crippen molar-refractivity contribution in [3.63, 3.8) is 0 Å². The van der Waals surface area contributed by atoms with Crippen molar-refractivity contribution in [3.8, 4) is 11.8 Å². The number of rotatable bonds is 4. The van der Waals surface area contributed by atoms with Crippen LogP contribution < -0.4 is 4.74 Å². The fourth-order valence-corrected chi connectivity index (χ4v) is 1.90. The predicted octanol–water partition coefficient (Wildman–Crippen LogP) is 2.89. The molecule has 0 aliphatic rings. The number of benzene rings is 1. The zero-order valence-electron chi connectivity index (χ0n) is 11.5. The number of aryl methyl sites for hydroxylation is 1. The van der Waals surface area contributed by atoms with Crippen molar-refractivity contribution in [1.29, 1.82) is 5.26 Å². The molecule has 20 heavy (non-hydrogen) atoms. The van der Waals surface area contributed by atoms with Gasteiger partial charge >= 0.3 is 0 Å². The summed E-state index contributed by atoms with van der Waals surface area (Å²) in [6, 6.07) is 11.2. The normalized spacial score (nSPS) is 11.7. The van der Waals surface area contributed by atoms with Crippen LogP contribution in [-0.2, 0) is 6.61 Å². The van der Waals surface area contributed by atoms with Gasteiger partial charge in [0.2, 0.25) is 0 Å². The van der Waals surface area contributed by atoms with Crippen LogP contribution in [0.2, 0.25) is 0 Å². The number of aromatic nitrogens is 1. The third-order valence-corrected chi connectivity index (χ3v) is 2.95. The SMILES string of the molecule is Cc1ccc([C@H](C)O)c(OCc2ccnc(C#N)c2)c1. The van der Waals surface area contributed by atoms with Crippen LogP contribution in [0.5, 0.6) is 5.75 Å². The lowest BCUT2D eigenvalue weighted by molar-refractivity contribution is 0.190. The number of nitrogens with zero attached hydrogens (tertiary/aromatic N) is 2. The Morgan fingerprint density at radius 2 is 2.15 bits per heavy atom. The van der Waals surface area contributed by atoms with Gasteiger partial charge in [-0.3, -0.25) is 0 Å². The standard InChI is InChI=1S/C16H16N2O2/c1-11-3-4-15(12(2)19)16(7-11)20-10-13-5-6-18-14(8-13)9-17/h3-8,12,19H,10H2,1-2H3/t12-/m0/s1. The molecule has 0 saturated heterocycles. The van der Waals surface area contributed by atoms with Gasteiger partial charge in [-0.15, -0.1) is 0 Å². The van der Waals surface area contributed by atoms with Crippen molar-refractivity contribution >= 4 is 0 Å². The minimum Gasteiger partial charge on any atom is -0.489 e. The molecule has 2 rings (SSSR count). The largest absolute Gasteiger partial charge is 0.489 e. The average Bonchev–Trinajstić information content (AvgIpc) is 2.45. The summed E-state index contributed by atoms with van der Waals surface area (Å²) < 4.78 is 5.77. The van der Waals surface area contributed by atoms with Gasteiger partial charge in [0.1, 0.15) is 24.1 Å². The number of hydrogen-bond acceptors (Lipinski definition) is 4. The first-order chi connectivity index (χ1) is 9.60. The summed E-state index contributed by atoms with van der Waals surface area (Å²) >= 11 is 0. The molecule has 1 aromatic heterocycles. The maximum absolute atomic E-state index is 9.74. The highest BCUT2D eigenvalue weighted by Gasteiger charge is 2.09. The number of aliphatic hydroxyl groups excluding tert-OH is 1. The van der Waals surface area contributed by atoms with Crippen LogP contribution >= 0.6 is 0 Å². The molecular weight excluding hydrogens is 252 g/mol. The minimum absolute atomic E-state index is 0.334. The zero-order chi connectivity index (χ0) is 14.5. The third kappa shape index (κ3) is 3.34. The first-order valence-electron chi connectivity index (χ1n) is 6.36. The van der Waals surface area contributed by atoms with E-state index in [0.29, 0.717) is 18.1 Å². The van der Waals surface area contributed by atoms with Crippen molar-refractivity contribution in [2.45, 2.75) is 26.6 Å². The van der Waals surface area contributed by atoms with Crippen molar-refractivity contribution in [2.24, 2.45) is 0 Å². The average molecular weight is 268 g/mol. The van der Waals surface area contributed by atoms with Crippen molar-refractivity contribution < 1.29 is 9.84 Å². The minimum atomic E-state index is -0.585. The second-order valence-electron chi connectivity index (χ2n) is 4.67. The van der Waals surface area contributed by atoms with E-state index in [2.05, 4.69) is 4.98 Å². The molecule has 0 fully saturated rings. The number of aliphatic hydroxyl groups is 1. The van der Waals surface area contributed by atoms with E-state index in [1.165, 1.54) is 0 Å². The van der Waals surface area contributed by atoms with Crippen LogP contribution in [-0.4, -0.2) is 10.1 Å². The van der Waals surface area contributed by atoms with Gasteiger partial charge in [-0.25, -0.2) is 4.98 Å². The Labute approximate surface area is 118 Å². The highest BCUT2D eigenvalue weighted by molar-refractivity contribution is 5.38. The van der Waals surface area contributed by atoms with Crippen LogP contribution in [0.1, 0.15) is 35.4 Å². The van der Waals surface area contributed by atoms with E-state index in [1.54, 1.807) is 25.3 Å². The highest BCUT2D eigenvalue weighted by atomic mass is 16.5. The Bertz CT molecular complexity index is 645. The van der Waals surface area contributed by atoms with Gasteiger partial charge in [-0.05, 0) is 43.2 Å². The highest BCUT2D eigenvalue weighted by Crippen LogP contribution is 2.27. The molecule has 1 heterocycles. The van der Waals surface area contributed by atoms with Gasteiger partial charge in [0.15, 0.2) is 0 Å². The van der Waals surface area contributed by atoms with Crippen LogP contribution in [0.4, 0.5) is 0 Å². The molecule has 102 valence electrons. The van der Waals surface area contributed by atoms with Crippen LogP contribution in [0.25, 0.3) is 0 Å². The Balaban J connectivity index is 2.18. The quantitative estimate of drug-likeness (QED) is 0.925. The van der Waals surface area contributed by atoms with E-state index in [0.717, 1.165) is 16.7 Å². The first kappa shape index (κ1) is 14.0. The van der Waals surface area contributed by atoms with E-state index in [9.17, 15) is 5.11 Å².